The van der Waals surface area contributed by atoms with Gasteiger partial charge in [-0.05, 0) is 43.5 Å². The highest BCUT2D eigenvalue weighted by atomic mass is 19.4. The fraction of sp³-hybridized carbons (Fsp3) is 0.600. The third kappa shape index (κ3) is 2.23. The summed E-state index contributed by atoms with van der Waals surface area (Å²) in [7, 11) is 0. The molecule has 5 heteroatoms. The Balaban J connectivity index is 1.95. The lowest BCUT2D eigenvalue weighted by Gasteiger charge is -2.37. The van der Waals surface area contributed by atoms with E-state index in [0.29, 0.717) is 12.0 Å². The van der Waals surface area contributed by atoms with Crippen LogP contribution in [-0.4, -0.2) is 29.1 Å². The van der Waals surface area contributed by atoms with Gasteiger partial charge in [-0.25, -0.2) is 0 Å². The molecule has 0 bridgehead atoms. The average molecular weight is 285 g/mol. The molecule has 0 saturated carbocycles. The van der Waals surface area contributed by atoms with E-state index in [9.17, 15) is 18.3 Å². The maximum absolute atomic E-state index is 12.8. The smallest absolute Gasteiger partial charge is 0.383 e. The van der Waals surface area contributed by atoms with Crippen molar-refractivity contribution in [3.63, 3.8) is 0 Å². The molecule has 2 fully saturated rings. The lowest BCUT2D eigenvalue weighted by molar-refractivity contribution is -0.137. The number of alkyl halides is 3. The van der Waals surface area contributed by atoms with Crippen molar-refractivity contribution in [2.75, 3.05) is 13.1 Å². The summed E-state index contributed by atoms with van der Waals surface area (Å²) in [6.07, 6.45) is -0.861. The van der Waals surface area contributed by atoms with Crippen LogP contribution in [-0.2, 0) is 11.8 Å². The van der Waals surface area contributed by atoms with Crippen LogP contribution in [0.25, 0.3) is 0 Å². The standard InChI is InChI=1S/C15H18F3NO/c16-15(17,18)12-5-3-4-11(10-12)14(20)7-9-19-8-2-1-6-13(14)19/h3-5,10,13,20H,1-2,6-9H2. The van der Waals surface area contributed by atoms with Gasteiger partial charge >= 0.3 is 6.18 Å². The number of benzene rings is 1. The van der Waals surface area contributed by atoms with Crippen molar-refractivity contribution in [2.45, 2.75) is 43.5 Å². The summed E-state index contributed by atoms with van der Waals surface area (Å²) in [5, 5.41) is 10.9. The van der Waals surface area contributed by atoms with Crippen LogP contribution in [0.4, 0.5) is 13.2 Å². The molecule has 2 nitrogen and oxygen atoms in total. The van der Waals surface area contributed by atoms with Crippen molar-refractivity contribution in [3.8, 4) is 0 Å². The lowest BCUT2D eigenvalue weighted by atomic mass is 9.82. The highest BCUT2D eigenvalue weighted by Gasteiger charge is 2.48. The van der Waals surface area contributed by atoms with Crippen LogP contribution in [0.3, 0.4) is 0 Å². The molecule has 3 rings (SSSR count). The number of halogens is 3. The first-order valence-corrected chi connectivity index (χ1v) is 7.05. The summed E-state index contributed by atoms with van der Waals surface area (Å²) < 4.78 is 38.5. The van der Waals surface area contributed by atoms with Gasteiger partial charge in [-0.2, -0.15) is 13.2 Å². The number of fused-ring (bicyclic) bond motifs is 1. The number of rotatable bonds is 1. The van der Waals surface area contributed by atoms with E-state index >= 15 is 0 Å². The maximum atomic E-state index is 12.8. The van der Waals surface area contributed by atoms with Crippen LogP contribution in [0.15, 0.2) is 24.3 Å². The fourth-order valence-corrected chi connectivity index (χ4v) is 3.58. The van der Waals surface area contributed by atoms with Gasteiger partial charge in [0.15, 0.2) is 0 Å². The van der Waals surface area contributed by atoms with Crippen LogP contribution in [0, 0.1) is 0 Å². The van der Waals surface area contributed by atoms with Gasteiger partial charge < -0.3 is 5.11 Å². The molecule has 0 amide bonds. The van der Waals surface area contributed by atoms with Crippen LogP contribution < -0.4 is 0 Å². The molecular weight excluding hydrogens is 267 g/mol. The Kier molecular flexibility index (Phi) is 3.29. The van der Waals surface area contributed by atoms with Gasteiger partial charge in [0.2, 0.25) is 0 Å². The highest BCUT2D eigenvalue weighted by molar-refractivity contribution is 5.32. The van der Waals surface area contributed by atoms with E-state index in [1.807, 2.05) is 0 Å². The number of aliphatic hydroxyl groups is 1. The molecule has 1 aromatic carbocycles. The Bertz CT molecular complexity index is 502. The second kappa shape index (κ2) is 4.74. The van der Waals surface area contributed by atoms with Crippen LogP contribution in [0.2, 0.25) is 0 Å². The summed E-state index contributed by atoms with van der Waals surface area (Å²) in [5.41, 5.74) is -1.42. The molecule has 0 spiro atoms. The zero-order chi connectivity index (χ0) is 14.4. The molecule has 2 saturated heterocycles. The summed E-state index contributed by atoms with van der Waals surface area (Å²) in [6.45, 7) is 1.70. The summed E-state index contributed by atoms with van der Waals surface area (Å²) in [4.78, 5) is 2.21. The van der Waals surface area contributed by atoms with Gasteiger partial charge in [-0.3, -0.25) is 4.90 Å². The molecule has 0 radical (unpaired) electrons. The second-order valence-corrected chi connectivity index (χ2v) is 5.80. The van der Waals surface area contributed by atoms with E-state index in [-0.39, 0.29) is 6.04 Å². The van der Waals surface area contributed by atoms with Gasteiger partial charge in [0, 0.05) is 12.6 Å². The molecule has 2 aliphatic heterocycles. The first kappa shape index (κ1) is 13.9. The second-order valence-electron chi connectivity index (χ2n) is 5.80. The first-order chi connectivity index (χ1) is 9.41. The molecule has 2 atom stereocenters. The quantitative estimate of drug-likeness (QED) is 0.857. The zero-order valence-corrected chi connectivity index (χ0v) is 11.2. The number of piperidine rings is 1. The molecule has 2 heterocycles. The molecule has 0 aliphatic carbocycles. The molecule has 2 unspecified atom stereocenters. The number of hydrogen-bond acceptors (Lipinski definition) is 2. The molecule has 110 valence electrons. The minimum atomic E-state index is -4.36. The Labute approximate surface area is 116 Å². The normalized spacial score (nSPS) is 31.3. The largest absolute Gasteiger partial charge is 0.416 e. The Morgan fingerprint density at radius 2 is 2.00 bits per heavy atom. The van der Waals surface area contributed by atoms with Gasteiger partial charge in [-0.1, -0.05) is 18.6 Å². The van der Waals surface area contributed by atoms with E-state index in [2.05, 4.69) is 4.90 Å². The first-order valence-electron chi connectivity index (χ1n) is 7.05. The Morgan fingerprint density at radius 3 is 2.75 bits per heavy atom. The van der Waals surface area contributed by atoms with E-state index in [1.54, 1.807) is 6.07 Å². The van der Waals surface area contributed by atoms with Gasteiger partial charge in [0.05, 0.1) is 5.56 Å². The van der Waals surface area contributed by atoms with Crippen molar-refractivity contribution in [3.05, 3.63) is 35.4 Å². The van der Waals surface area contributed by atoms with E-state index in [0.717, 1.165) is 44.5 Å². The predicted octanol–water partition coefficient (Wildman–Crippen LogP) is 3.15. The van der Waals surface area contributed by atoms with Crippen LogP contribution in [0.1, 0.15) is 36.8 Å². The Hall–Kier alpha value is -1.07. The van der Waals surface area contributed by atoms with E-state index < -0.39 is 17.3 Å². The van der Waals surface area contributed by atoms with Crippen molar-refractivity contribution < 1.29 is 18.3 Å². The SMILES string of the molecule is OC1(c2cccc(C(F)(F)F)c2)CCN2CCCCC21. The van der Waals surface area contributed by atoms with Gasteiger partial charge in [0.1, 0.15) is 5.60 Å². The molecular formula is C15H18F3NO. The summed E-state index contributed by atoms with van der Waals surface area (Å²) in [5.74, 6) is 0. The van der Waals surface area contributed by atoms with Gasteiger partial charge in [0.25, 0.3) is 0 Å². The minimum absolute atomic E-state index is 0.0419. The van der Waals surface area contributed by atoms with Crippen molar-refractivity contribution in [2.24, 2.45) is 0 Å². The third-order valence-corrected chi connectivity index (χ3v) is 4.63. The minimum Gasteiger partial charge on any atom is -0.383 e. The monoisotopic (exact) mass is 285 g/mol. The maximum Gasteiger partial charge on any atom is 0.416 e. The Morgan fingerprint density at radius 1 is 1.20 bits per heavy atom. The fourth-order valence-electron chi connectivity index (χ4n) is 3.58. The lowest BCUT2D eigenvalue weighted by Crippen LogP contribution is -2.45. The average Bonchev–Trinajstić information content (AvgIpc) is 2.78. The molecule has 1 aromatic rings. The molecule has 20 heavy (non-hydrogen) atoms. The van der Waals surface area contributed by atoms with Crippen molar-refractivity contribution >= 4 is 0 Å². The summed E-state index contributed by atoms with van der Waals surface area (Å²) >= 11 is 0. The summed E-state index contributed by atoms with van der Waals surface area (Å²) in [6, 6.07) is 5.13. The van der Waals surface area contributed by atoms with Crippen LogP contribution >= 0.6 is 0 Å². The highest BCUT2D eigenvalue weighted by Crippen LogP contribution is 2.43. The van der Waals surface area contributed by atoms with Crippen molar-refractivity contribution in [1.29, 1.82) is 0 Å². The predicted molar refractivity (Wildman–Crippen MR) is 69.2 cm³/mol. The zero-order valence-electron chi connectivity index (χ0n) is 11.2. The third-order valence-electron chi connectivity index (χ3n) is 4.63. The van der Waals surface area contributed by atoms with E-state index in [1.165, 1.54) is 6.07 Å². The number of hydrogen-bond donors (Lipinski definition) is 1. The topological polar surface area (TPSA) is 23.5 Å². The van der Waals surface area contributed by atoms with Crippen molar-refractivity contribution in [1.82, 2.24) is 4.90 Å². The molecule has 1 N–H and O–H groups in total. The number of nitrogens with zero attached hydrogens (tertiary/aromatic N) is 1. The van der Waals surface area contributed by atoms with Crippen LogP contribution in [0.5, 0.6) is 0 Å². The molecule has 0 aromatic heterocycles. The molecule has 2 aliphatic rings. The van der Waals surface area contributed by atoms with E-state index in [4.69, 9.17) is 0 Å². The van der Waals surface area contributed by atoms with Gasteiger partial charge in [-0.15, -0.1) is 0 Å².